The lowest BCUT2D eigenvalue weighted by atomic mass is 9.98. The summed E-state index contributed by atoms with van der Waals surface area (Å²) in [6, 6.07) is 0. The Labute approximate surface area is 132 Å². The van der Waals surface area contributed by atoms with Crippen LogP contribution in [-0.2, 0) is 19.1 Å². The summed E-state index contributed by atoms with van der Waals surface area (Å²) in [6.07, 6.45) is 5.93. The van der Waals surface area contributed by atoms with Gasteiger partial charge in [-0.25, -0.2) is 0 Å². The molecule has 0 rings (SSSR count). The minimum atomic E-state index is -1.02. The number of allylic oxidation sites excluding steroid dienone is 2. The topological polar surface area (TPSA) is 52.6 Å². The van der Waals surface area contributed by atoms with E-state index in [2.05, 4.69) is 0 Å². The zero-order valence-electron chi connectivity index (χ0n) is 13.5. The van der Waals surface area contributed by atoms with E-state index in [1.54, 1.807) is 13.8 Å². The highest BCUT2D eigenvalue weighted by Gasteiger charge is 2.34. The number of rotatable bonds is 10. The molecule has 4 nitrogen and oxygen atoms in total. The average Bonchev–Trinajstić information content (AvgIpc) is 2.47. The van der Waals surface area contributed by atoms with Crippen molar-refractivity contribution >= 4 is 23.5 Å². The van der Waals surface area contributed by atoms with Crippen molar-refractivity contribution in [3.63, 3.8) is 0 Å². The van der Waals surface area contributed by atoms with Crippen molar-refractivity contribution in [3.8, 4) is 0 Å². The van der Waals surface area contributed by atoms with Gasteiger partial charge in [0, 0.05) is 0 Å². The quantitative estimate of drug-likeness (QED) is 0.348. The number of carbonyl (C=O) groups is 2. The number of carbonyl (C=O) groups excluding carboxylic acids is 2. The Bertz CT molecular complexity index is 354. The Morgan fingerprint density at radius 1 is 1.10 bits per heavy atom. The highest BCUT2D eigenvalue weighted by Crippen LogP contribution is 2.27. The van der Waals surface area contributed by atoms with Crippen molar-refractivity contribution in [1.29, 1.82) is 0 Å². The first-order valence-corrected chi connectivity index (χ1v) is 8.00. The zero-order chi connectivity index (χ0) is 16.3. The van der Waals surface area contributed by atoms with Crippen molar-refractivity contribution in [2.75, 3.05) is 13.2 Å². The maximum absolute atomic E-state index is 11.8. The van der Waals surface area contributed by atoms with Gasteiger partial charge in [0.1, 0.15) is 4.87 Å². The van der Waals surface area contributed by atoms with Gasteiger partial charge in [0.25, 0.3) is 0 Å². The third kappa shape index (κ3) is 6.98. The maximum atomic E-state index is 11.8. The highest BCUT2D eigenvalue weighted by atomic mass is 35.5. The largest absolute Gasteiger partial charge is 0.466 e. The normalized spacial score (nSPS) is 15.5. The van der Waals surface area contributed by atoms with Gasteiger partial charge >= 0.3 is 11.9 Å². The average molecular weight is 319 g/mol. The maximum Gasteiger partial charge on any atom is 0.327 e. The van der Waals surface area contributed by atoms with E-state index >= 15 is 0 Å². The van der Waals surface area contributed by atoms with Crippen LogP contribution < -0.4 is 0 Å². The summed E-state index contributed by atoms with van der Waals surface area (Å²) in [5, 5.41) is 0. The molecular weight excluding hydrogens is 292 g/mol. The predicted molar refractivity (Wildman–Crippen MR) is 84.3 cm³/mol. The van der Waals surface area contributed by atoms with Crippen molar-refractivity contribution < 1.29 is 19.1 Å². The summed E-state index contributed by atoms with van der Waals surface area (Å²) in [5.41, 5.74) is 0. The minimum absolute atomic E-state index is 0.143. The summed E-state index contributed by atoms with van der Waals surface area (Å²) in [5.74, 6) is -0.714. The Morgan fingerprint density at radius 3 is 2.19 bits per heavy atom. The van der Waals surface area contributed by atoms with Gasteiger partial charge in [-0.1, -0.05) is 26.0 Å². The summed E-state index contributed by atoms with van der Waals surface area (Å²) < 4.78 is 10.00. The van der Waals surface area contributed by atoms with Gasteiger partial charge < -0.3 is 9.47 Å². The fourth-order valence-corrected chi connectivity index (χ4v) is 2.00. The van der Waals surface area contributed by atoms with E-state index in [9.17, 15) is 9.59 Å². The van der Waals surface area contributed by atoms with Crippen LogP contribution in [0.4, 0.5) is 0 Å². The van der Waals surface area contributed by atoms with E-state index in [-0.39, 0.29) is 11.9 Å². The Balaban J connectivity index is 4.46. The molecule has 0 fully saturated rings. The van der Waals surface area contributed by atoms with Crippen LogP contribution in [0.25, 0.3) is 0 Å². The second-order valence-corrected chi connectivity index (χ2v) is 5.53. The third-order valence-corrected chi connectivity index (χ3v) is 3.92. The van der Waals surface area contributed by atoms with Crippen LogP contribution in [0.3, 0.4) is 0 Å². The second kappa shape index (κ2) is 10.7. The molecule has 0 aromatic carbocycles. The van der Waals surface area contributed by atoms with E-state index < -0.39 is 10.8 Å². The van der Waals surface area contributed by atoms with Crippen molar-refractivity contribution in [2.24, 2.45) is 5.92 Å². The standard InChI is InChI=1S/C16H27ClO4/c1-5-13(14(18)20-7-3)11-9-10-12-16(17,6-2)15(19)21-8-4/h9-10,13H,5-8,11-12H2,1-4H3. The minimum Gasteiger partial charge on any atom is -0.466 e. The van der Waals surface area contributed by atoms with Gasteiger partial charge in [0.15, 0.2) is 0 Å². The first-order valence-electron chi connectivity index (χ1n) is 7.62. The van der Waals surface area contributed by atoms with Crippen LogP contribution in [0.2, 0.25) is 0 Å². The molecular formula is C16H27ClO4. The van der Waals surface area contributed by atoms with E-state index in [1.165, 1.54) is 0 Å². The first kappa shape index (κ1) is 20.0. The lowest BCUT2D eigenvalue weighted by molar-refractivity contribution is -0.148. The van der Waals surface area contributed by atoms with Crippen LogP contribution in [0.15, 0.2) is 12.2 Å². The number of alkyl halides is 1. The number of hydrogen-bond acceptors (Lipinski definition) is 4. The van der Waals surface area contributed by atoms with Crippen LogP contribution in [0.1, 0.15) is 53.4 Å². The highest BCUT2D eigenvalue weighted by molar-refractivity contribution is 6.34. The van der Waals surface area contributed by atoms with E-state index in [0.29, 0.717) is 32.5 Å². The van der Waals surface area contributed by atoms with E-state index in [4.69, 9.17) is 21.1 Å². The molecule has 0 N–H and O–H groups in total. The number of halogens is 1. The zero-order valence-corrected chi connectivity index (χ0v) is 14.2. The summed E-state index contributed by atoms with van der Waals surface area (Å²) in [7, 11) is 0. The van der Waals surface area contributed by atoms with Crippen molar-refractivity contribution in [2.45, 2.75) is 58.3 Å². The fraction of sp³-hybridized carbons (Fsp3) is 0.750. The van der Waals surface area contributed by atoms with Gasteiger partial charge in [0.05, 0.1) is 19.1 Å². The Hall–Kier alpha value is -1.03. The second-order valence-electron chi connectivity index (χ2n) is 4.81. The van der Waals surface area contributed by atoms with Gasteiger partial charge in [-0.05, 0) is 39.5 Å². The molecule has 0 spiro atoms. The summed E-state index contributed by atoms with van der Waals surface area (Å²) in [6.45, 7) is 8.06. The number of esters is 2. The monoisotopic (exact) mass is 318 g/mol. The van der Waals surface area contributed by atoms with E-state index in [1.807, 2.05) is 26.0 Å². The SMILES string of the molecule is CCOC(=O)C(CC)CC=CCC(Cl)(CC)C(=O)OCC. The van der Waals surface area contributed by atoms with Crippen molar-refractivity contribution in [3.05, 3.63) is 12.2 Å². The third-order valence-electron chi connectivity index (χ3n) is 3.34. The molecule has 0 aliphatic heterocycles. The molecule has 5 heteroatoms. The first-order chi connectivity index (χ1) is 9.95. The molecule has 122 valence electrons. The van der Waals surface area contributed by atoms with E-state index in [0.717, 1.165) is 6.42 Å². The molecule has 0 aromatic rings. The molecule has 0 radical (unpaired) electrons. The molecule has 21 heavy (non-hydrogen) atoms. The molecule has 0 heterocycles. The molecule has 0 aliphatic rings. The van der Waals surface area contributed by atoms with Crippen LogP contribution in [-0.4, -0.2) is 30.0 Å². The summed E-state index contributed by atoms with van der Waals surface area (Å²) >= 11 is 6.30. The van der Waals surface area contributed by atoms with Gasteiger partial charge in [-0.15, -0.1) is 11.6 Å². The summed E-state index contributed by atoms with van der Waals surface area (Å²) in [4.78, 5) is 22.5. The van der Waals surface area contributed by atoms with Crippen LogP contribution in [0.5, 0.6) is 0 Å². The van der Waals surface area contributed by atoms with Gasteiger partial charge in [0.2, 0.25) is 0 Å². The van der Waals surface area contributed by atoms with Crippen molar-refractivity contribution in [1.82, 2.24) is 0 Å². The van der Waals surface area contributed by atoms with Gasteiger partial charge in [-0.3, -0.25) is 9.59 Å². The fourth-order valence-electron chi connectivity index (χ4n) is 1.85. The lowest BCUT2D eigenvalue weighted by Gasteiger charge is -2.21. The Morgan fingerprint density at radius 2 is 1.71 bits per heavy atom. The Kier molecular flexibility index (Phi) is 10.1. The number of ether oxygens (including phenoxy) is 2. The lowest BCUT2D eigenvalue weighted by Crippen LogP contribution is -2.33. The van der Waals surface area contributed by atoms with Gasteiger partial charge in [-0.2, -0.15) is 0 Å². The molecule has 2 atom stereocenters. The molecule has 0 aliphatic carbocycles. The number of hydrogen-bond donors (Lipinski definition) is 0. The molecule has 0 aromatic heterocycles. The molecule has 0 saturated heterocycles. The molecule has 0 saturated carbocycles. The molecule has 0 bridgehead atoms. The predicted octanol–water partition coefficient (Wildman–Crippen LogP) is 3.86. The van der Waals surface area contributed by atoms with Crippen LogP contribution in [0, 0.1) is 5.92 Å². The molecule has 2 unspecified atom stereocenters. The molecule has 0 amide bonds. The smallest absolute Gasteiger partial charge is 0.327 e. The van der Waals surface area contributed by atoms with Crippen LogP contribution >= 0.6 is 11.6 Å².